The summed E-state index contributed by atoms with van der Waals surface area (Å²) in [5.41, 5.74) is 2.33. The molecule has 4 heterocycles. The molecular weight excluding hydrogens is 388 g/mol. The Kier molecular flexibility index (Phi) is 3.18. The van der Waals surface area contributed by atoms with Crippen LogP contribution >= 0.6 is 22.7 Å². The van der Waals surface area contributed by atoms with Crippen LogP contribution in [0, 0.1) is 0 Å². The number of H-pyrrole nitrogens is 1. The summed E-state index contributed by atoms with van der Waals surface area (Å²) in [6.07, 6.45) is 0. The first-order chi connectivity index (χ1) is 13.7. The molecule has 1 amide bonds. The fourth-order valence-electron chi connectivity index (χ4n) is 3.97. The lowest BCUT2D eigenvalue weighted by atomic mass is 10.0. The van der Waals surface area contributed by atoms with Crippen molar-refractivity contribution in [1.29, 1.82) is 0 Å². The Balaban J connectivity index is 1.72. The zero-order chi connectivity index (χ0) is 18.8. The summed E-state index contributed by atoms with van der Waals surface area (Å²) in [7, 11) is 0. The van der Waals surface area contributed by atoms with E-state index in [2.05, 4.69) is 9.98 Å². The number of hydrogen-bond donors (Lipinski definition) is 2. The van der Waals surface area contributed by atoms with Gasteiger partial charge in [0.15, 0.2) is 5.88 Å². The van der Waals surface area contributed by atoms with Crippen LogP contribution in [0.1, 0.15) is 4.88 Å². The van der Waals surface area contributed by atoms with Crippen molar-refractivity contribution >= 4 is 55.8 Å². The quantitative estimate of drug-likeness (QED) is 0.467. The Hall–Kier alpha value is -3.22. The average molecular weight is 400 g/mol. The molecule has 5 aromatic rings. The molecule has 1 aliphatic heterocycles. The van der Waals surface area contributed by atoms with Crippen LogP contribution in [-0.4, -0.2) is 16.0 Å². The van der Waals surface area contributed by atoms with Crippen molar-refractivity contribution in [1.82, 2.24) is 4.98 Å². The summed E-state index contributed by atoms with van der Waals surface area (Å²) >= 11 is 3.13. The van der Waals surface area contributed by atoms with Crippen molar-refractivity contribution in [3.8, 4) is 16.3 Å². The zero-order valence-corrected chi connectivity index (χ0v) is 16.0. The van der Waals surface area contributed by atoms with Gasteiger partial charge in [0.05, 0.1) is 22.0 Å². The molecule has 0 saturated carbocycles. The Morgan fingerprint density at radius 1 is 0.857 bits per heavy atom. The number of nitrogens with one attached hydrogen (secondary N) is 1. The fourth-order valence-corrected chi connectivity index (χ4v) is 5.53. The summed E-state index contributed by atoms with van der Waals surface area (Å²) in [6, 6.07) is 15.8. The third-order valence-corrected chi connectivity index (χ3v) is 6.93. The highest BCUT2D eigenvalue weighted by Crippen LogP contribution is 2.40. The summed E-state index contributed by atoms with van der Waals surface area (Å²) in [5.74, 6) is -0.0389. The number of amides is 1. The van der Waals surface area contributed by atoms with Gasteiger partial charge in [-0.3, -0.25) is 4.79 Å². The van der Waals surface area contributed by atoms with E-state index >= 15 is 0 Å². The van der Waals surface area contributed by atoms with E-state index in [1.807, 2.05) is 59.3 Å². The molecule has 6 rings (SSSR count). The van der Waals surface area contributed by atoms with Gasteiger partial charge in [-0.25, -0.2) is 4.99 Å². The highest BCUT2D eigenvalue weighted by Gasteiger charge is 2.22. The Morgan fingerprint density at radius 2 is 1.57 bits per heavy atom. The van der Waals surface area contributed by atoms with Crippen molar-refractivity contribution in [3.05, 3.63) is 74.7 Å². The second kappa shape index (κ2) is 5.64. The number of rotatable bonds is 2. The van der Waals surface area contributed by atoms with Crippen LogP contribution in [0.2, 0.25) is 0 Å². The van der Waals surface area contributed by atoms with Crippen LogP contribution in [0.25, 0.3) is 37.7 Å². The van der Waals surface area contributed by atoms with Crippen LogP contribution in [0.5, 0.6) is 5.88 Å². The minimum Gasteiger partial charge on any atom is -0.494 e. The third-order valence-electron chi connectivity index (χ3n) is 5.15. The topological polar surface area (TPSA) is 65.4 Å². The van der Waals surface area contributed by atoms with E-state index < -0.39 is 0 Å². The van der Waals surface area contributed by atoms with E-state index in [0.717, 1.165) is 42.2 Å². The molecule has 134 valence electrons. The normalized spacial score (nSPS) is 13.4. The van der Waals surface area contributed by atoms with E-state index in [1.165, 1.54) is 0 Å². The van der Waals surface area contributed by atoms with E-state index in [9.17, 15) is 9.90 Å². The number of fused-ring (bicyclic) bond motifs is 5. The maximum Gasteiger partial charge on any atom is 0.279 e. The number of nitrogens with zero attached hydrogens (tertiary/aromatic N) is 1. The van der Waals surface area contributed by atoms with Gasteiger partial charge in [0.25, 0.3) is 5.91 Å². The molecule has 1 aliphatic rings. The average Bonchev–Trinajstić information content (AvgIpc) is 3.46. The van der Waals surface area contributed by atoms with Gasteiger partial charge in [-0.15, -0.1) is 22.7 Å². The van der Waals surface area contributed by atoms with Gasteiger partial charge in [0.1, 0.15) is 0 Å². The molecule has 0 unspecified atom stereocenters. The molecule has 3 aromatic heterocycles. The van der Waals surface area contributed by atoms with E-state index in [1.54, 1.807) is 22.7 Å². The first-order valence-electron chi connectivity index (χ1n) is 8.74. The Morgan fingerprint density at radius 3 is 2.32 bits per heavy atom. The molecule has 0 fully saturated rings. The molecule has 0 saturated heterocycles. The molecule has 0 radical (unpaired) electrons. The van der Waals surface area contributed by atoms with Gasteiger partial charge in [-0.05, 0) is 22.9 Å². The second-order valence-corrected chi connectivity index (χ2v) is 8.54. The molecule has 28 heavy (non-hydrogen) atoms. The lowest BCUT2D eigenvalue weighted by Gasteiger charge is -2.01. The van der Waals surface area contributed by atoms with Gasteiger partial charge in [-0.1, -0.05) is 36.4 Å². The smallest absolute Gasteiger partial charge is 0.279 e. The summed E-state index contributed by atoms with van der Waals surface area (Å²) in [5, 5.41) is 18.9. The first-order valence-corrected chi connectivity index (χ1v) is 10.5. The molecule has 2 aromatic carbocycles. The zero-order valence-electron chi connectivity index (χ0n) is 14.4. The van der Waals surface area contributed by atoms with Crippen LogP contribution in [-0.2, 0) is 4.79 Å². The summed E-state index contributed by atoms with van der Waals surface area (Å²) < 4.78 is 0. The van der Waals surface area contributed by atoms with Crippen molar-refractivity contribution < 1.29 is 9.90 Å². The van der Waals surface area contributed by atoms with Gasteiger partial charge >= 0.3 is 0 Å². The van der Waals surface area contributed by atoms with E-state index in [-0.39, 0.29) is 11.8 Å². The number of carbonyl (C=O) groups is 1. The minimum absolute atomic E-state index is 0.157. The fraction of sp³-hybridized carbons (Fsp3) is 0. The standard InChI is InChI=1S/C22H12N2O2S2/c25-21-17(15-3-1-9-27-15)13-7-5-12-11(19(13)23-21)6-8-14-18(16-4-2-10-28-16)22(26)24-20(12)14/h1-10,23,25H. The number of aromatic amines is 1. The van der Waals surface area contributed by atoms with Gasteiger partial charge < -0.3 is 10.1 Å². The monoisotopic (exact) mass is 400 g/mol. The van der Waals surface area contributed by atoms with E-state index in [4.69, 9.17) is 0 Å². The highest BCUT2D eigenvalue weighted by molar-refractivity contribution is 7.13. The third kappa shape index (κ3) is 2.04. The van der Waals surface area contributed by atoms with Gasteiger partial charge in [0, 0.05) is 31.1 Å². The lowest BCUT2D eigenvalue weighted by molar-refractivity contribution is -0.112. The molecule has 4 nitrogen and oxygen atoms in total. The number of aromatic hydroxyl groups is 1. The number of carbonyl (C=O) groups excluding carboxylic acids is 1. The van der Waals surface area contributed by atoms with Crippen LogP contribution in [0.4, 0.5) is 0 Å². The molecule has 2 N–H and O–H groups in total. The van der Waals surface area contributed by atoms with Crippen molar-refractivity contribution in [3.63, 3.8) is 0 Å². The molecular formula is C22H12N2O2S2. The Labute approximate surface area is 166 Å². The SMILES string of the molecule is O=C1N=c2c(ccc3c2ccc2c(-c4cccs4)c(O)[nH]c23)=C1c1cccs1. The molecule has 6 heteroatoms. The molecule has 0 aliphatic carbocycles. The van der Waals surface area contributed by atoms with Crippen LogP contribution in [0.3, 0.4) is 0 Å². The van der Waals surface area contributed by atoms with Crippen molar-refractivity contribution in [2.45, 2.75) is 0 Å². The first kappa shape index (κ1) is 15.8. The highest BCUT2D eigenvalue weighted by atomic mass is 32.1. The predicted octanol–water partition coefficient (Wildman–Crippen LogP) is 4.18. The second-order valence-electron chi connectivity index (χ2n) is 6.64. The lowest BCUT2D eigenvalue weighted by Crippen LogP contribution is -2.23. The van der Waals surface area contributed by atoms with Gasteiger partial charge in [0.2, 0.25) is 0 Å². The maximum atomic E-state index is 12.6. The molecule has 0 bridgehead atoms. The van der Waals surface area contributed by atoms with Crippen LogP contribution < -0.4 is 10.6 Å². The van der Waals surface area contributed by atoms with E-state index in [0.29, 0.717) is 10.9 Å². The largest absolute Gasteiger partial charge is 0.494 e. The number of hydrogen-bond acceptors (Lipinski definition) is 4. The maximum absolute atomic E-state index is 12.6. The molecule has 0 atom stereocenters. The van der Waals surface area contributed by atoms with Crippen molar-refractivity contribution in [2.24, 2.45) is 4.99 Å². The van der Waals surface area contributed by atoms with Crippen LogP contribution in [0.15, 0.2) is 64.3 Å². The summed E-state index contributed by atoms with van der Waals surface area (Å²) in [4.78, 5) is 22.0. The predicted molar refractivity (Wildman–Crippen MR) is 113 cm³/mol. The minimum atomic E-state index is -0.196. The number of aromatic nitrogens is 1. The number of thiophene rings is 2. The van der Waals surface area contributed by atoms with Crippen molar-refractivity contribution in [2.75, 3.05) is 0 Å². The summed E-state index contributed by atoms with van der Waals surface area (Å²) in [6.45, 7) is 0. The molecule has 0 spiro atoms. The number of benzene rings is 2. The Bertz CT molecular complexity index is 1530. The van der Waals surface area contributed by atoms with Gasteiger partial charge in [-0.2, -0.15) is 0 Å².